The van der Waals surface area contributed by atoms with Gasteiger partial charge in [-0.15, -0.1) is 0 Å². The quantitative estimate of drug-likeness (QED) is 0.311. The van der Waals surface area contributed by atoms with Gasteiger partial charge < -0.3 is 19.9 Å². The maximum atomic E-state index is 13.6. The van der Waals surface area contributed by atoms with Gasteiger partial charge in [-0.1, -0.05) is 12.1 Å². The molecule has 4 aromatic rings. The van der Waals surface area contributed by atoms with Crippen LogP contribution in [0.5, 0.6) is 0 Å². The van der Waals surface area contributed by atoms with Crippen LogP contribution < -0.4 is 15.8 Å². The lowest BCUT2D eigenvalue weighted by molar-refractivity contribution is -0.136. The molecule has 1 atom stereocenters. The molecular weight excluding hydrogens is 444 g/mol. The summed E-state index contributed by atoms with van der Waals surface area (Å²) in [6, 6.07) is 6.29. The lowest BCUT2D eigenvalue weighted by Crippen LogP contribution is -2.43. The van der Waals surface area contributed by atoms with Gasteiger partial charge in [0.15, 0.2) is 5.65 Å². The van der Waals surface area contributed by atoms with Crippen molar-refractivity contribution < 1.29 is 9.53 Å². The van der Waals surface area contributed by atoms with Gasteiger partial charge in [-0.2, -0.15) is 5.10 Å². The van der Waals surface area contributed by atoms with Crippen LogP contribution in [0.4, 0.5) is 5.69 Å². The number of carbonyl (C=O) groups is 1. The largest absolute Gasteiger partial charge is 0.427 e. The molecule has 1 fully saturated rings. The molecule has 4 heterocycles. The van der Waals surface area contributed by atoms with Gasteiger partial charge in [0.25, 0.3) is 5.56 Å². The van der Waals surface area contributed by atoms with E-state index in [2.05, 4.69) is 43.6 Å². The first-order chi connectivity index (χ1) is 17.0. The maximum absolute atomic E-state index is 13.6. The Labute approximate surface area is 200 Å². The number of piperazine rings is 1. The number of ether oxygens (including phenoxy) is 1. The molecule has 9 heteroatoms. The predicted molar refractivity (Wildman–Crippen MR) is 136 cm³/mol. The average molecular weight is 471 g/mol. The van der Waals surface area contributed by atoms with Gasteiger partial charge in [0.05, 0.1) is 22.0 Å². The van der Waals surface area contributed by atoms with Crippen LogP contribution in [0.25, 0.3) is 32.7 Å². The van der Waals surface area contributed by atoms with E-state index < -0.39 is 0 Å². The van der Waals surface area contributed by atoms with Crippen molar-refractivity contribution in [1.29, 1.82) is 0 Å². The highest BCUT2D eigenvalue weighted by atomic mass is 16.5. The number of aromatic nitrogens is 4. The number of hydrogen-bond acceptors (Lipinski definition) is 7. The third kappa shape index (κ3) is 3.68. The number of benzene rings is 1. The number of allylic oxidation sites excluding steroid dienone is 3. The van der Waals surface area contributed by atoms with E-state index in [9.17, 15) is 9.59 Å². The molecule has 3 aromatic heterocycles. The Hall–Kier alpha value is -3.98. The van der Waals surface area contributed by atoms with Gasteiger partial charge in [0.2, 0.25) is 0 Å². The second-order valence-corrected chi connectivity index (χ2v) is 9.12. The van der Waals surface area contributed by atoms with E-state index in [-0.39, 0.29) is 17.4 Å². The Morgan fingerprint density at radius 2 is 2.00 bits per heavy atom. The highest BCUT2D eigenvalue weighted by Crippen LogP contribution is 2.37. The number of pyridine rings is 2. The van der Waals surface area contributed by atoms with Crippen LogP contribution in [0.2, 0.25) is 0 Å². The summed E-state index contributed by atoms with van der Waals surface area (Å²) in [7, 11) is 0. The van der Waals surface area contributed by atoms with Crippen molar-refractivity contribution in [2.75, 3.05) is 31.1 Å². The molecule has 3 N–H and O–H groups in total. The van der Waals surface area contributed by atoms with Gasteiger partial charge in [-0.25, -0.2) is 4.98 Å². The second-order valence-electron chi connectivity index (χ2n) is 9.12. The first-order valence-corrected chi connectivity index (χ1v) is 11.9. The zero-order valence-electron chi connectivity index (χ0n) is 19.6. The predicted octanol–water partition coefficient (Wildman–Crippen LogP) is 3.16. The molecular formula is C26H26N6O3. The summed E-state index contributed by atoms with van der Waals surface area (Å²) in [5, 5.41) is 14.1. The fourth-order valence-corrected chi connectivity index (χ4v) is 5.19. The van der Waals surface area contributed by atoms with Crippen molar-refractivity contribution >= 4 is 44.4 Å². The molecule has 35 heavy (non-hydrogen) atoms. The van der Waals surface area contributed by atoms with E-state index in [1.54, 1.807) is 6.08 Å². The topological polar surface area (TPSA) is 116 Å². The first kappa shape index (κ1) is 21.5. The van der Waals surface area contributed by atoms with Crippen molar-refractivity contribution in [3.8, 4) is 0 Å². The molecule has 1 aliphatic carbocycles. The third-order valence-electron chi connectivity index (χ3n) is 6.82. The molecule has 0 bridgehead atoms. The van der Waals surface area contributed by atoms with E-state index in [1.165, 1.54) is 6.92 Å². The van der Waals surface area contributed by atoms with Crippen LogP contribution >= 0.6 is 0 Å². The summed E-state index contributed by atoms with van der Waals surface area (Å²) < 4.78 is 5.20. The maximum Gasteiger partial charge on any atom is 0.308 e. The number of esters is 1. The SMILES string of the molecule is CC(=O)OC1=CCC(c2nc3n[nH]c(C)c3c3c2c(=O)[nH]c2cc(N4CCNCC4)ccc23)C=C1. The molecule has 0 radical (unpaired) electrons. The molecule has 1 unspecified atom stereocenters. The van der Waals surface area contributed by atoms with Crippen molar-refractivity contribution in [2.24, 2.45) is 0 Å². The molecule has 1 aliphatic heterocycles. The summed E-state index contributed by atoms with van der Waals surface area (Å²) in [4.78, 5) is 35.2. The summed E-state index contributed by atoms with van der Waals surface area (Å²) in [6.07, 6.45) is 6.12. The fraction of sp³-hybridized carbons (Fsp3) is 0.308. The van der Waals surface area contributed by atoms with Crippen molar-refractivity contribution in [3.63, 3.8) is 0 Å². The van der Waals surface area contributed by atoms with Gasteiger partial charge in [0.1, 0.15) is 5.76 Å². The highest BCUT2D eigenvalue weighted by molar-refractivity contribution is 6.19. The average Bonchev–Trinajstić information content (AvgIpc) is 3.24. The number of hydrogen-bond donors (Lipinski definition) is 3. The van der Waals surface area contributed by atoms with Gasteiger partial charge in [0, 0.05) is 61.2 Å². The van der Waals surface area contributed by atoms with E-state index in [0.717, 1.165) is 59.2 Å². The fourth-order valence-electron chi connectivity index (χ4n) is 5.19. The normalized spacial score (nSPS) is 18.4. The Bertz CT molecular complexity index is 1610. The number of nitrogens with zero attached hydrogens (tertiary/aromatic N) is 3. The van der Waals surface area contributed by atoms with Crippen LogP contribution in [0, 0.1) is 6.92 Å². The molecule has 0 saturated carbocycles. The van der Waals surface area contributed by atoms with Crippen LogP contribution in [0.15, 0.2) is 47.0 Å². The monoisotopic (exact) mass is 470 g/mol. The smallest absolute Gasteiger partial charge is 0.308 e. The highest BCUT2D eigenvalue weighted by Gasteiger charge is 2.24. The first-order valence-electron chi connectivity index (χ1n) is 11.9. The molecule has 6 rings (SSSR count). The second kappa shape index (κ2) is 8.35. The summed E-state index contributed by atoms with van der Waals surface area (Å²) in [5.41, 5.74) is 3.86. The molecule has 1 aromatic carbocycles. The minimum Gasteiger partial charge on any atom is -0.427 e. The van der Waals surface area contributed by atoms with Crippen LogP contribution in [0.1, 0.15) is 30.7 Å². The Morgan fingerprint density at radius 3 is 2.74 bits per heavy atom. The van der Waals surface area contributed by atoms with Crippen LogP contribution in [-0.2, 0) is 9.53 Å². The molecule has 0 amide bonds. The van der Waals surface area contributed by atoms with Crippen molar-refractivity contribution in [1.82, 2.24) is 25.5 Å². The summed E-state index contributed by atoms with van der Waals surface area (Å²) in [6.45, 7) is 7.07. The Kier molecular flexibility index (Phi) is 5.14. The lowest BCUT2D eigenvalue weighted by Gasteiger charge is -2.29. The Balaban J connectivity index is 1.55. The number of nitrogens with one attached hydrogen (secondary N) is 3. The van der Waals surface area contributed by atoms with Crippen molar-refractivity contribution in [2.45, 2.75) is 26.2 Å². The van der Waals surface area contributed by atoms with Crippen LogP contribution in [0.3, 0.4) is 0 Å². The van der Waals surface area contributed by atoms with Gasteiger partial charge in [-0.05, 0) is 37.6 Å². The summed E-state index contributed by atoms with van der Waals surface area (Å²) >= 11 is 0. The van der Waals surface area contributed by atoms with Gasteiger partial charge in [-0.3, -0.25) is 14.7 Å². The van der Waals surface area contributed by atoms with E-state index in [0.29, 0.717) is 28.9 Å². The number of H-pyrrole nitrogens is 2. The van der Waals surface area contributed by atoms with Crippen molar-refractivity contribution in [3.05, 3.63) is 63.9 Å². The van der Waals surface area contributed by atoms with E-state index >= 15 is 0 Å². The van der Waals surface area contributed by atoms with E-state index in [4.69, 9.17) is 9.72 Å². The molecule has 2 aliphatic rings. The molecule has 0 spiro atoms. The number of fused-ring (bicyclic) bond motifs is 5. The minimum atomic E-state index is -0.362. The zero-order chi connectivity index (χ0) is 24.1. The molecule has 9 nitrogen and oxygen atoms in total. The van der Waals surface area contributed by atoms with Gasteiger partial charge >= 0.3 is 5.97 Å². The van der Waals surface area contributed by atoms with Crippen LogP contribution in [-0.4, -0.2) is 52.3 Å². The molecule has 1 saturated heterocycles. The standard InChI is InChI=1S/C26H26N6O3/c1-14-21-22-19-8-5-17(32-11-9-27-10-12-32)13-20(19)28-26(34)23(22)24(29-25(21)31-30-14)16-3-6-18(7-4-16)35-15(2)33/h3,5-8,13,16,27H,4,9-12H2,1-2H3,(H,28,34)(H,29,30,31). The lowest BCUT2D eigenvalue weighted by atomic mass is 9.91. The zero-order valence-corrected chi connectivity index (χ0v) is 19.6. The molecule has 178 valence electrons. The number of anilines is 1. The third-order valence-corrected chi connectivity index (χ3v) is 6.82. The minimum absolute atomic E-state index is 0.142. The Morgan fingerprint density at radius 1 is 1.17 bits per heavy atom. The number of aromatic amines is 2. The summed E-state index contributed by atoms with van der Waals surface area (Å²) in [5.74, 6) is 0.00544. The number of rotatable bonds is 3. The number of carbonyl (C=O) groups excluding carboxylic acids is 1. The number of aryl methyl sites for hydroxylation is 1. The van der Waals surface area contributed by atoms with E-state index in [1.807, 2.05) is 19.1 Å².